The van der Waals surface area contributed by atoms with Gasteiger partial charge < -0.3 is 14.2 Å². The van der Waals surface area contributed by atoms with E-state index in [1.165, 1.54) is 7.11 Å². The van der Waals surface area contributed by atoms with Crippen molar-refractivity contribution >= 4 is 5.97 Å². The molecule has 0 bridgehead atoms. The molecular formula is C14H19FO4. The highest BCUT2D eigenvalue weighted by atomic mass is 19.1. The largest absolute Gasteiger partial charge is 0.431 e. The van der Waals surface area contributed by atoms with E-state index in [1.54, 1.807) is 6.08 Å². The molecule has 1 spiro atoms. The molecule has 106 valence electrons. The van der Waals surface area contributed by atoms with Gasteiger partial charge in [-0.1, -0.05) is 18.6 Å². The third-order valence-corrected chi connectivity index (χ3v) is 4.36. The first-order valence-corrected chi connectivity index (χ1v) is 6.90. The Bertz CT molecular complexity index is 402. The van der Waals surface area contributed by atoms with Crippen molar-refractivity contribution in [2.24, 2.45) is 0 Å². The molecule has 0 unspecified atom stereocenters. The van der Waals surface area contributed by atoms with Crippen molar-refractivity contribution in [3.8, 4) is 0 Å². The summed E-state index contributed by atoms with van der Waals surface area (Å²) in [6.07, 6.45) is 6.35. The van der Waals surface area contributed by atoms with Gasteiger partial charge in [-0.25, -0.2) is 9.18 Å². The summed E-state index contributed by atoms with van der Waals surface area (Å²) in [5.74, 6) is -1.74. The number of hydrogen-bond acceptors (Lipinski definition) is 4. The predicted octanol–water partition coefficient (Wildman–Crippen LogP) is 2.27. The topological polar surface area (TPSA) is 44.8 Å². The molecule has 2 aliphatic carbocycles. The third kappa shape index (κ3) is 1.91. The van der Waals surface area contributed by atoms with Crippen molar-refractivity contribution in [3.05, 3.63) is 12.2 Å². The van der Waals surface area contributed by atoms with E-state index in [1.807, 2.05) is 6.08 Å². The van der Waals surface area contributed by atoms with Gasteiger partial charge in [0, 0.05) is 20.0 Å². The van der Waals surface area contributed by atoms with E-state index in [-0.39, 0.29) is 0 Å². The molecule has 0 aromatic heterocycles. The summed E-state index contributed by atoms with van der Waals surface area (Å²) in [6.45, 7) is 0. The molecule has 0 aromatic carbocycles. The summed E-state index contributed by atoms with van der Waals surface area (Å²) >= 11 is 0. The van der Waals surface area contributed by atoms with E-state index in [0.29, 0.717) is 19.3 Å². The number of hydrogen-bond donors (Lipinski definition) is 0. The lowest BCUT2D eigenvalue weighted by Crippen LogP contribution is -2.66. The fraction of sp³-hybridized carbons (Fsp3) is 0.786. The number of halogens is 1. The number of carbonyl (C=O) groups excluding carboxylic acids is 1. The lowest BCUT2D eigenvalue weighted by molar-refractivity contribution is -0.323. The quantitative estimate of drug-likeness (QED) is 0.541. The van der Waals surface area contributed by atoms with E-state index in [4.69, 9.17) is 14.2 Å². The average Bonchev–Trinajstić information content (AvgIpc) is 2.41. The molecule has 0 aromatic rings. The maximum absolute atomic E-state index is 15.0. The van der Waals surface area contributed by atoms with E-state index < -0.39 is 29.6 Å². The van der Waals surface area contributed by atoms with Gasteiger partial charge in [-0.3, -0.25) is 0 Å². The standard InChI is InChI=1S/C14H19FO4/c1-17-10-6-5-7-11-14(10,15)12(16)19-13(18-11)8-3-2-4-9-13/h5-6,10-11H,2-4,7-9H2,1H3/t10-,11+,14+/m1/s1. The molecule has 0 radical (unpaired) electrons. The smallest absolute Gasteiger partial charge is 0.352 e. The number of methoxy groups -OCH3 is 1. The highest BCUT2D eigenvalue weighted by Crippen LogP contribution is 2.45. The van der Waals surface area contributed by atoms with Crippen molar-refractivity contribution in [1.29, 1.82) is 0 Å². The van der Waals surface area contributed by atoms with Crippen molar-refractivity contribution in [1.82, 2.24) is 0 Å². The summed E-state index contributed by atoms with van der Waals surface area (Å²) in [5, 5.41) is 0. The summed E-state index contributed by atoms with van der Waals surface area (Å²) in [7, 11) is 1.39. The minimum Gasteiger partial charge on any atom is -0.431 e. The van der Waals surface area contributed by atoms with Crippen molar-refractivity contribution < 1.29 is 23.4 Å². The minimum absolute atomic E-state index is 0.382. The van der Waals surface area contributed by atoms with Crippen LogP contribution in [0.2, 0.25) is 0 Å². The third-order valence-electron chi connectivity index (χ3n) is 4.36. The Morgan fingerprint density at radius 3 is 2.79 bits per heavy atom. The van der Waals surface area contributed by atoms with Gasteiger partial charge in [-0.15, -0.1) is 0 Å². The number of fused-ring (bicyclic) bond motifs is 1. The number of ether oxygens (including phenoxy) is 3. The van der Waals surface area contributed by atoms with Gasteiger partial charge in [0.2, 0.25) is 5.79 Å². The molecule has 19 heavy (non-hydrogen) atoms. The second kappa shape index (κ2) is 4.56. The van der Waals surface area contributed by atoms with Gasteiger partial charge >= 0.3 is 5.97 Å². The van der Waals surface area contributed by atoms with Crippen molar-refractivity contribution in [2.75, 3.05) is 7.11 Å². The molecule has 0 N–H and O–H groups in total. The zero-order valence-electron chi connectivity index (χ0n) is 11.1. The van der Waals surface area contributed by atoms with Crippen LogP contribution in [0.1, 0.15) is 38.5 Å². The van der Waals surface area contributed by atoms with Crippen LogP contribution in [0.15, 0.2) is 12.2 Å². The molecule has 2 fully saturated rings. The number of alkyl halides is 1. The van der Waals surface area contributed by atoms with Gasteiger partial charge in [0.25, 0.3) is 5.67 Å². The zero-order chi connectivity index (χ0) is 13.5. The van der Waals surface area contributed by atoms with Crippen LogP contribution in [-0.4, -0.2) is 36.7 Å². The SMILES string of the molecule is CO[C@@H]1C=CC[C@@H]2OC3(CCCCC3)OC(=O)[C@@]21F. The van der Waals surface area contributed by atoms with Gasteiger partial charge in [-0.2, -0.15) is 0 Å². The summed E-state index contributed by atoms with van der Waals surface area (Å²) in [5.41, 5.74) is -2.22. The normalized spacial score (nSPS) is 40.8. The summed E-state index contributed by atoms with van der Waals surface area (Å²) < 4.78 is 31.3. The van der Waals surface area contributed by atoms with Crippen LogP contribution < -0.4 is 0 Å². The minimum atomic E-state index is -2.22. The van der Waals surface area contributed by atoms with Crippen molar-refractivity contribution in [2.45, 2.75) is 62.2 Å². The van der Waals surface area contributed by atoms with E-state index in [2.05, 4.69) is 0 Å². The highest BCUT2D eigenvalue weighted by Gasteiger charge is 2.63. The van der Waals surface area contributed by atoms with Gasteiger partial charge in [0.1, 0.15) is 12.2 Å². The predicted molar refractivity (Wildman–Crippen MR) is 65.2 cm³/mol. The number of esters is 1. The number of carbonyl (C=O) groups is 1. The lowest BCUT2D eigenvalue weighted by atomic mass is 9.82. The van der Waals surface area contributed by atoms with Gasteiger partial charge in [0.05, 0.1) is 0 Å². The molecule has 1 saturated carbocycles. The first-order chi connectivity index (χ1) is 9.11. The van der Waals surface area contributed by atoms with Crippen LogP contribution in [0.25, 0.3) is 0 Å². The van der Waals surface area contributed by atoms with Gasteiger partial charge in [0.15, 0.2) is 0 Å². The van der Waals surface area contributed by atoms with Crippen LogP contribution >= 0.6 is 0 Å². The molecular weight excluding hydrogens is 251 g/mol. The Labute approximate surface area is 111 Å². The first kappa shape index (κ1) is 13.1. The molecule has 1 heterocycles. The second-order valence-electron chi connectivity index (χ2n) is 5.56. The van der Waals surface area contributed by atoms with Crippen LogP contribution in [0.3, 0.4) is 0 Å². The first-order valence-electron chi connectivity index (χ1n) is 6.90. The molecule has 3 aliphatic rings. The molecule has 1 aliphatic heterocycles. The Kier molecular flexibility index (Phi) is 3.14. The molecule has 1 saturated heterocycles. The number of rotatable bonds is 1. The van der Waals surface area contributed by atoms with Crippen LogP contribution in [0.4, 0.5) is 4.39 Å². The molecule has 4 nitrogen and oxygen atoms in total. The van der Waals surface area contributed by atoms with E-state index in [0.717, 1.165) is 19.3 Å². The second-order valence-corrected chi connectivity index (χ2v) is 5.56. The van der Waals surface area contributed by atoms with Crippen LogP contribution in [0.5, 0.6) is 0 Å². The monoisotopic (exact) mass is 270 g/mol. The maximum atomic E-state index is 15.0. The zero-order valence-corrected chi connectivity index (χ0v) is 11.1. The average molecular weight is 270 g/mol. The van der Waals surface area contributed by atoms with Gasteiger partial charge in [-0.05, 0) is 19.3 Å². The molecule has 0 amide bonds. The fourth-order valence-electron chi connectivity index (χ4n) is 3.29. The molecule has 5 heteroatoms. The van der Waals surface area contributed by atoms with Crippen LogP contribution in [-0.2, 0) is 19.0 Å². The summed E-state index contributed by atoms with van der Waals surface area (Å²) in [6, 6.07) is 0. The highest BCUT2D eigenvalue weighted by molar-refractivity contribution is 5.83. The maximum Gasteiger partial charge on any atom is 0.352 e. The molecule has 3 atom stereocenters. The van der Waals surface area contributed by atoms with Crippen molar-refractivity contribution in [3.63, 3.8) is 0 Å². The Balaban J connectivity index is 1.89. The lowest BCUT2D eigenvalue weighted by Gasteiger charge is -2.49. The van der Waals surface area contributed by atoms with E-state index in [9.17, 15) is 4.79 Å². The Hall–Kier alpha value is -0.940. The summed E-state index contributed by atoms with van der Waals surface area (Å²) in [4.78, 5) is 12.2. The molecule has 3 rings (SSSR count). The Morgan fingerprint density at radius 2 is 2.11 bits per heavy atom. The van der Waals surface area contributed by atoms with E-state index >= 15 is 4.39 Å². The van der Waals surface area contributed by atoms with Crippen LogP contribution in [0, 0.1) is 0 Å². The Morgan fingerprint density at radius 1 is 1.37 bits per heavy atom. The fourth-order valence-corrected chi connectivity index (χ4v) is 3.29.